The third-order valence-electron chi connectivity index (χ3n) is 2.82. The molecule has 0 aliphatic heterocycles. The first-order valence-electron chi connectivity index (χ1n) is 5.80. The molecule has 0 unspecified atom stereocenters. The fraction of sp³-hybridized carbons (Fsp3) is 0.250. The fourth-order valence-electron chi connectivity index (χ4n) is 1.92. The molecule has 3 aromatic rings. The van der Waals surface area contributed by atoms with Gasteiger partial charge in [0.05, 0.1) is 16.1 Å². The third-order valence-corrected chi connectivity index (χ3v) is 4.64. The molecule has 1 N–H and O–H groups in total. The Kier molecular flexibility index (Phi) is 3.08. The van der Waals surface area contributed by atoms with Gasteiger partial charge < -0.3 is 5.32 Å². The van der Waals surface area contributed by atoms with Crippen molar-refractivity contribution in [1.82, 2.24) is 19.1 Å². The first-order valence-corrected chi connectivity index (χ1v) is 7.45. The molecular formula is C12H13N5S2. The van der Waals surface area contributed by atoms with Gasteiger partial charge in [-0.05, 0) is 29.9 Å². The molecule has 0 aromatic carbocycles. The number of rotatable bonds is 3. The lowest BCUT2D eigenvalue weighted by molar-refractivity contribution is 0.777. The Morgan fingerprint density at radius 1 is 1.37 bits per heavy atom. The number of anilines is 1. The molecule has 3 aromatic heterocycles. The Morgan fingerprint density at radius 2 is 2.21 bits per heavy atom. The van der Waals surface area contributed by atoms with Crippen molar-refractivity contribution < 1.29 is 0 Å². The average Bonchev–Trinajstić information content (AvgIpc) is 3.08. The van der Waals surface area contributed by atoms with E-state index in [0.717, 1.165) is 32.8 Å². The highest BCUT2D eigenvalue weighted by molar-refractivity contribution is 7.13. The first kappa shape index (κ1) is 12.3. The molecule has 0 amide bonds. The van der Waals surface area contributed by atoms with Gasteiger partial charge in [0.1, 0.15) is 5.00 Å². The number of thiophene rings is 1. The van der Waals surface area contributed by atoms with Crippen LogP contribution in [0.4, 0.5) is 5.00 Å². The number of hydrogen-bond donors (Lipinski definition) is 1. The quantitative estimate of drug-likeness (QED) is 0.806. The van der Waals surface area contributed by atoms with Crippen LogP contribution in [0.3, 0.4) is 0 Å². The van der Waals surface area contributed by atoms with Crippen molar-refractivity contribution in [2.45, 2.75) is 6.92 Å². The van der Waals surface area contributed by atoms with Crippen molar-refractivity contribution in [3.05, 3.63) is 23.2 Å². The molecule has 19 heavy (non-hydrogen) atoms. The molecule has 0 saturated carbocycles. The van der Waals surface area contributed by atoms with Crippen molar-refractivity contribution in [3.63, 3.8) is 0 Å². The molecule has 0 aliphatic carbocycles. The van der Waals surface area contributed by atoms with Crippen LogP contribution in [0.15, 0.2) is 17.5 Å². The first-order chi connectivity index (χ1) is 9.20. The molecule has 3 rings (SSSR count). The van der Waals surface area contributed by atoms with Crippen molar-refractivity contribution in [2.24, 2.45) is 7.05 Å². The highest BCUT2D eigenvalue weighted by Gasteiger charge is 2.19. The van der Waals surface area contributed by atoms with Crippen LogP contribution in [-0.2, 0) is 7.05 Å². The second-order valence-electron chi connectivity index (χ2n) is 4.08. The molecule has 5 nitrogen and oxygen atoms in total. The lowest BCUT2D eigenvalue weighted by atomic mass is 10.2. The maximum Gasteiger partial charge on any atom is 0.191 e. The van der Waals surface area contributed by atoms with Gasteiger partial charge in [0.25, 0.3) is 0 Å². The third kappa shape index (κ3) is 2.04. The second-order valence-corrected chi connectivity index (χ2v) is 5.80. The number of aromatic nitrogens is 4. The summed E-state index contributed by atoms with van der Waals surface area (Å²) >= 11 is 3.09. The van der Waals surface area contributed by atoms with Crippen molar-refractivity contribution >= 4 is 27.9 Å². The lowest BCUT2D eigenvalue weighted by Crippen LogP contribution is -1.97. The van der Waals surface area contributed by atoms with E-state index in [0.29, 0.717) is 0 Å². The van der Waals surface area contributed by atoms with Gasteiger partial charge in [-0.25, -0.2) is 9.67 Å². The van der Waals surface area contributed by atoms with E-state index in [-0.39, 0.29) is 0 Å². The Hall–Kier alpha value is -1.73. The number of nitrogens with zero attached hydrogens (tertiary/aromatic N) is 4. The number of aryl methyl sites for hydroxylation is 2. The summed E-state index contributed by atoms with van der Waals surface area (Å²) in [5.74, 6) is 1.61. The summed E-state index contributed by atoms with van der Waals surface area (Å²) in [4.78, 5) is 5.73. The van der Waals surface area contributed by atoms with Crippen molar-refractivity contribution in [1.29, 1.82) is 0 Å². The molecule has 0 spiro atoms. The van der Waals surface area contributed by atoms with Crippen LogP contribution < -0.4 is 5.32 Å². The van der Waals surface area contributed by atoms with E-state index in [9.17, 15) is 0 Å². The Labute approximate surface area is 119 Å². The van der Waals surface area contributed by atoms with Gasteiger partial charge in [-0.15, -0.1) is 16.4 Å². The number of hydrogen-bond acceptors (Lipinski definition) is 6. The molecule has 7 heteroatoms. The van der Waals surface area contributed by atoms with Crippen LogP contribution in [0.25, 0.3) is 22.1 Å². The molecule has 0 aliphatic rings. The Morgan fingerprint density at radius 3 is 2.89 bits per heavy atom. The molecule has 0 fully saturated rings. The minimum absolute atomic E-state index is 0.764. The monoisotopic (exact) mass is 291 g/mol. The minimum atomic E-state index is 0.764. The zero-order valence-electron chi connectivity index (χ0n) is 10.8. The maximum absolute atomic E-state index is 4.65. The van der Waals surface area contributed by atoms with Gasteiger partial charge in [0, 0.05) is 14.1 Å². The van der Waals surface area contributed by atoms with E-state index >= 15 is 0 Å². The molecule has 0 bridgehead atoms. The second kappa shape index (κ2) is 4.75. The largest absolute Gasteiger partial charge is 0.378 e. The topological polar surface area (TPSA) is 55.6 Å². The van der Waals surface area contributed by atoms with E-state index in [4.69, 9.17) is 0 Å². The van der Waals surface area contributed by atoms with E-state index in [1.54, 1.807) is 11.3 Å². The fourth-order valence-corrected chi connectivity index (χ4v) is 3.31. The summed E-state index contributed by atoms with van der Waals surface area (Å²) < 4.78 is 6.19. The molecule has 98 valence electrons. The van der Waals surface area contributed by atoms with E-state index in [1.165, 1.54) is 11.5 Å². The Balaban J connectivity index is 2.13. The summed E-state index contributed by atoms with van der Waals surface area (Å²) in [5, 5.41) is 10.7. The van der Waals surface area contributed by atoms with Gasteiger partial charge in [-0.1, -0.05) is 6.07 Å². The predicted molar refractivity (Wildman–Crippen MR) is 79.7 cm³/mol. The zero-order valence-corrected chi connectivity index (χ0v) is 12.5. The summed E-state index contributed by atoms with van der Waals surface area (Å²) in [5.41, 5.74) is 2.01. The van der Waals surface area contributed by atoms with Crippen LogP contribution in [0.5, 0.6) is 0 Å². The van der Waals surface area contributed by atoms with E-state index in [1.807, 2.05) is 43.2 Å². The van der Waals surface area contributed by atoms with Crippen LogP contribution in [-0.4, -0.2) is 26.2 Å². The van der Waals surface area contributed by atoms with Gasteiger partial charge in [-0.3, -0.25) is 0 Å². The van der Waals surface area contributed by atoms with Crippen LogP contribution in [0.1, 0.15) is 5.69 Å². The molecule has 0 saturated heterocycles. The highest BCUT2D eigenvalue weighted by Crippen LogP contribution is 2.34. The van der Waals surface area contributed by atoms with Crippen molar-refractivity contribution in [3.8, 4) is 22.1 Å². The van der Waals surface area contributed by atoms with Crippen LogP contribution in [0.2, 0.25) is 0 Å². The smallest absolute Gasteiger partial charge is 0.191 e. The molecule has 0 radical (unpaired) electrons. The lowest BCUT2D eigenvalue weighted by Gasteiger charge is -2.01. The number of nitrogens with one attached hydrogen (secondary N) is 1. The zero-order chi connectivity index (χ0) is 13.4. The van der Waals surface area contributed by atoms with Crippen LogP contribution in [0, 0.1) is 6.92 Å². The van der Waals surface area contributed by atoms with Gasteiger partial charge in [-0.2, -0.15) is 4.37 Å². The molecular weight excluding hydrogens is 278 g/mol. The highest BCUT2D eigenvalue weighted by atomic mass is 32.1. The normalized spacial score (nSPS) is 10.9. The average molecular weight is 291 g/mol. The van der Waals surface area contributed by atoms with Gasteiger partial charge in [0.2, 0.25) is 0 Å². The van der Waals surface area contributed by atoms with Crippen LogP contribution >= 0.6 is 22.9 Å². The summed E-state index contributed by atoms with van der Waals surface area (Å²) in [6, 6.07) is 4.04. The molecule has 0 atom stereocenters. The van der Waals surface area contributed by atoms with E-state index in [2.05, 4.69) is 19.8 Å². The van der Waals surface area contributed by atoms with Crippen molar-refractivity contribution in [2.75, 3.05) is 12.4 Å². The summed E-state index contributed by atoms with van der Waals surface area (Å²) in [6.07, 6.45) is 0. The SMILES string of the molecule is CNc1snc(C)c1-c1nc(-c2cccs2)nn1C. The van der Waals surface area contributed by atoms with Gasteiger partial charge in [0.15, 0.2) is 11.6 Å². The summed E-state index contributed by atoms with van der Waals surface area (Å²) in [7, 11) is 3.81. The molecule has 3 heterocycles. The standard InChI is InChI=1S/C12H13N5S2/c1-7-9(12(13-2)19-16-7)11-14-10(15-17(11)3)8-5-4-6-18-8/h4-6,13H,1-3H3. The minimum Gasteiger partial charge on any atom is -0.378 e. The maximum atomic E-state index is 4.65. The Bertz CT molecular complexity index is 696. The van der Waals surface area contributed by atoms with E-state index < -0.39 is 0 Å². The predicted octanol–water partition coefficient (Wildman–Crippen LogP) is 3.02. The van der Waals surface area contributed by atoms with Gasteiger partial charge >= 0.3 is 0 Å². The summed E-state index contributed by atoms with van der Waals surface area (Å²) in [6.45, 7) is 1.99.